The first kappa shape index (κ1) is 22.0. The molecule has 0 aromatic heterocycles. The molecule has 0 aliphatic carbocycles. The predicted molar refractivity (Wildman–Crippen MR) is 123 cm³/mol. The van der Waals surface area contributed by atoms with Crippen LogP contribution in [-0.4, -0.2) is 27.2 Å². The minimum absolute atomic E-state index is 0.163. The van der Waals surface area contributed by atoms with Crippen molar-refractivity contribution in [3.8, 4) is 17.2 Å². The molecule has 0 saturated carbocycles. The average Bonchev–Trinajstić information content (AvgIpc) is 2.82. The van der Waals surface area contributed by atoms with E-state index >= 15 is 0 Å². The molecule has 0 radical (unpaired) electrons. The number of ether oxygens (including phenoxy) is 3. The number of carbonyl (C=O) groups excluding carboxylic acids is 1. The standard InChI is InChI=1S/C26H27NO4/c1-18(21-12-15-24(30-3)25(17-21)31-4)27-26(28)23(20-8-6-5-7-9-20)16-19-10-13-22(29-2)14-11-19/h5-18H,1-4H3,(H,27,28)/b23-16+/t18-/m0/s1. The van der Waals surface area contributed by atoms with Crippen LogP contribution in [0.2, 0.25) is 0 Å². The minimum Gasteiger partial charge on any atom is -0.497 e. The molecule has 0 spiro atoms. The van der Waals surface area contributed by atoms with Gasteiger partial charge in [-0.15, -0.1) is 0 Å². The van der Waals surface area contributed by atoms with Crippen molar-refractivity contribution in [2.75, 3.05) is 21.3 Å². The summed E-state index contributed by atoms with van der Waals surface area (Å²) in [6, 6.07) is 22.6. The van der Waals surface area contributed by atoms with Crippen molar-refractivity contribution in [1.29, 1.82) is 0 Å². The fraction of sp³-hybridized carbons (Fsp3) is 0.192. The molecule has 0 heterocycles. The number of hydrogen-bond donors (Lipinski definition) is 1. The zero-order chi connectivity index (χ0) is 22.2. The van der Waals surface area contributed by atoms with Gasteiger partial charge in [0, 0.05) is 5.57 Å². The smallest absolute Gasteiger partial charge is 0.252 e. The third-order valence-corrected chi connectivity index (χ3v) is 5.01. The quantitative estimate of drug-likeness (QED) is 0.408. The van der Waals surface area contributed by atoms with Crippen molar-refractivity contribution in [1.82, 2.24) is 5.32 Å². The summed E-state index contributed by atoms with van der Waals surface area (Å²) in [5.41, 5.74) is 3.25. The van der Waals surface area contributed by atoms with Gasteiger partial charge < -0.3 is 19.5 Å². The second-order valence-electron chi connectivity index (χ2n) is 7.01. The lowest BCUT2D eigenvalue weighted by Gasteiger charge is -2.18. The van der Waals surface area contributed by atoms with E-state index in [1.54, 1.807) is 21.3 Å². The van der Waals surface area contributed by atoms with Crippen LogP contribution in [0.15, 0.2) is 72.8 Å². The lowest BCUT2D eigenvalue weighted by atomic mass is 10.0. The SMILES string of the molecule is COc1ccc(/C=C(/C(=O)N[C@@H](C)c2ccc(OC)c(OC)c2)c2ccccc2)cc1. The Labute approximate surface area is 183 Å². The predicted octanol–water partition coefficient (Wildman–Crippen LogP) is 5.13. The molecule has 3 aromatic rings. The first-order valence-corrected chi connectivity index (χ1v) is 9.99. The van der Waals surface area contributed by atoms with Crippen molar-refractivity contribution in [2.45, 2.75) is 13.0 Å². The van der Waals surface area contributed by atoms with Crippen LogP contribution in [-0.2, 0) is 4.79 Å². The van der Waals surface area contributed by atoms with Gasteiger partial charge in [0.1, 0.15) is 5.75 Å². The highest BCUT2D eigenvalue weighted by molar-refractivity contribution is 6.24. The third-order valence-electron chi connectivity index (χ3n) is 5.01. The van der Waals surface area contributed by atoms with Crippen molar-refractivity contribution in [2.24, 2.45) is 0 Å². The van der Waals surface area contributed by atoms with Crippen LogP contribution in [0.4, 0.5) is 0 Å². The molecule has 5 nitrogen and oxygen atoms in total. The van der Waals surface area contributed by atoms with Crippen LogP contribution in [0.5, 0.6) is 17.2 Å². The van der Waals surface area contributed by atoms with E-state index in [0.717, 1.165) is 22.4 Å². The van der Waals surface area contributed by atoms with Crippen molar-refractivity contribution >= 4 is 17.6 Å². The van der Waals surface area contributed by atoms with E-state index in [1.165, 1.54) is 0 Å². The van der Waals surface area contributed by atoms with Crippen LogP contribution in [0.1, 0.15) is 29.7 Å². The summed E-state index contributed by atoms with van der Waals surface area (Å²) in [7, 11) is 4.82. The Morgan fingerprint density at radius 2 is 1.52 bits per heavy atom. The molecule has 0 saturated heterocycles. The molecule has 5 heteroatoms. The minimum atomic E-state index is -0.227. The van der Waals surface area contributed by atoms with Gasteiger partial charge in [0.25, 0.3) is 5.91 Å². The van der Waals surface area contributed by atoms with Gasteiger partial charge in [0.2, 0.25) is 0 Å². The second kappa shape index (κ2) is 10.3. The molecule has 3 aromatic carbocycles. The van der Waals surface area contributed by atoms with Crippen LogP contribution in [0.25, 0.3) is 11.6 Å². The molecule has 0 fully saturated rings. The summed E-state index contributed by atoms with van der Waals surface area (Å²) in [6.07, 6.45) is 1.88. The molecule has 1 atom stereocenters. The van der Waals surface area contributed by atoms with Gasteiger partial charge in [-0.05, 0) is 54.0 Å². The molecule has 1 N–H and O–H groups in total. The lowest BCUT2D eigenvalue weighted by molar-refractivity contribution is -0.116. The van der Waals surface area contributed by atoms with Gasteiger partial charge in [-0.1, -0.05) is 48.5 Å². The first-order valence-electron chi connectivity index (χ1n) is 9.99. The molecule has 160 valence electrons. The summed E-state index contributed by atoms with van der Waals surface area (Å²) in [4.78, 5) is 13.3. The number of carbonyl (C=O) groups is 1. The number of amides is 1. The topological polar surface area (TPSA) is 56.8 Å². The van der Waals surface area contributed by atoms with Crippen molar-refractivity contribution in [3.63, 3.8) is 0 Å². The molecule has 0 bridgehead atoms. The van der Waals surface area contributed by atoms with E-state index in [2.05, 4.69) is 5.32 Å². The maximum atomic E-state index is 13.3. The number of rotatable bonds is 8. The maximum Gasteiger partial charge on any atom is 0.252 e. The molecule has 31 heavy (non-hydrogen) atoms. The highest BCUT2D eigenvalue weighted by Crippen LogP contribution is 2.30. The van der Waals surface area contributed by atoms with Crippen LogP contribution in [0, 0.1) is 0 Å². The molecule has 1 amide bonds. The number of nitrogens with one attached hydrogen (secondary N) is 1. The van der Waals surface area contributed by atoms with Gasteiger partial charge in [-0.25, -0.2) is 0 Å². The van der Waals surface area contributed by atoms with E-state index in [4.69, 9.17) is 14.2 Å². The largest absolute Gasteiger partial charge is 0.497 e. The zero-order valence-corrected chi connectivity index (χ0v) is 18.2. The Kier molecular flexibility index (Phi) is 7.33. The Bertz CT molecular complexity index is 1040. The van der Waals surface area contributed by atoms with Gasteiger partial charge in [-0.3, -0.25) is 4.79 Å². The Balaban J connectivity index is 1.89. The van der Waals surface area contributed by atoms with Crippen LogP contribution < -0.4 is 19.5 Å². The summed E-state index contributed by atoms with van der Waals surface area (Å²) >= 11 is 0. The summed E-state index contributed by atoms with van der Waals surface area (Å²) < 4.78 is 15.9. The first-order chi connectivity index (χ1) is 15.0. The highest BCUT2D eigenvalue weighted by atomic mass is 16.5. The molecule has 0 aliphatic heterocycles. The number of hydrogen-bond acceptors (Lipinski definition) is 4. The maximum absolute atomic E-state index is 13.3. The van der Waals surface area contributed by atoms with Gasteiger partial charge in [0.15, 0.2) is 11.5 Å². The van der Waals surface area contributed by atoms with Gasteiger partial charge >= 0.3 is 0 Å². The molecular formula is C26H27NO4. The van der Waals surface area contributed by atoms with E-state index in [-0.39, 0.29) is 11.9 Å². The van der Waals surface area contributed by atoms with Gasteiger partial charge in [-0.2, -0.15) is 0 Å². The van der Waals surface area contributed by atoms with E-state index in [1.807, 2.05) is 85.8 Å². The third kappa shape index (κ3) is 5.45. The van der Waals surface area contributed by atoms with E-state index in [9.17, 15) is 4.79 Å². The fourth-order valence-electron chi connectivity index (χ4n) is 3.24. The number of benzene rings is 3. The van der Waals surface area contributed by atoms with Crippen molar-refractivity contribution < 1.29 is 19.0 Å². The highest BCUT2D eigenvalue weighted by Gasteiger charge is 2.17. The summed E-state index contributed by atoms with van der Waals surface area (Å²) in [5, 5.41) is 3.10. The molecule has 3 rings (SSSR count). The average molecular weight is 418 g/mol. The summed E-state index contributed by atoms with van der Waals surface area (Å²) in [5.74, 6) is 1.88. The zero-order valence-electron chi connectivity index (χ0n) is 18.2. The Morgan fingerprint density at radius 1 is 0.839 bits per heavy atom. The molecule has 0 aliphatic rings. The lowest BCUT2D eigenvalue weighted by Crippen LogP contribution is -2.27. The second-order valence-corrected chi connectivity index (χ2v) is 7.01. The van der Waals surface area contributed by atoms with Crippen LogP contribution in [0.3, 0.4) is 0 Å². The van der Waals surface area contributed by atoms with Crippen molar-refractivity contribution in [3.05, 3.63) is 89.5 Å². The Morgan fingerprint density at radius 3 is 2.13 bits per heavy atom. The van der Waals surface area contributed by atoms with Crippen LogP contribution >= 0.6 is 0 Å². The molecular weight excluding hydrogens is 390 g/mol. The summed E-state index contributed by atoms with van der Waals surface area (Å²) in [6.45, 7) is 1.94. The Hall–Kier alpha value is -3.73. The number of methoxy groups -OCH3 is 3. The van der Waals surface area contributed by atoms with Gasteiger partial charge in [0.05, 0.1) is 27.4 Å². The van der Waals surface area contributed by atoms with E-state index < -0.39 is 0 Å². The normalized spacial score (nSPS) is 12.1. The molecule has 0 unspecified atom stereocenters. The fourth-order valence-corrected chi connectivity index (χ4v) is 3.24. The van der Waals surface area contributed by atoms with E-state index in [0.29, 0.717) is 17.1 Å². The monoisotopic (exact) mass is 417 g/mol.